The van der Waals surface area contributed by atoms with Crippen LogP contribution in [0.25, 0.3) is 0 Å². The number of nitrogens with two attached hydrogens (primary N) is 1. The third-order valence-corrected chi connectivity index (χ3v) is 4.76. The van der Waals surface area contributed by atoms with Crippen molar-refractivity contribution in [3.63, 3.8) is 0 Å². The van der Waals surface area contributed by atoms with Gasteiger partial charge in [0, 0.05) is 18.8 Å². The first-order valence-electron chi connectivity index (χ1n) is 6.18. The molecule has 2 aromatic rings. The molecule has 112 valence electrons. The molecule has 0 unspecified atom stereocenters. The number of thiocarbonyl (C=S) groups is 1. The summed E-state index contributed by atoms with van der Waals surface area (Å²) >= 11 is 4.91. The zero-order valence-corrected chi connectivity index (χ0v) is 13.3. The number of nitrogens with one attached hydrogen (secondary N) is 1. The normalized spacial score (nSPS) is 11.5. The summed E-state index contributed by atoms with van der Waals surface area (Å²) in [5, 5.41) is 3.99. The highest BCUT2D eigenvalue weighted by molar-refractivity contribution is 7.89. The molecule has 1 aromatic carbocycles. The van der Waals surface area contributed by atoms with Crippen LogP contribution in [0.4, 0.5) is 0 Å². The minimum atomic E-state index is -3.59. The Morgan fingerprint density at radius 1 is 1.43 bits per heavy atom. The fraction of sp³-hybridized carbons (Fsp3) is 0.231. The molecule has 0 atom stereocenters. The van der Waals surface area contributed by atoms with Gasteiger partial charge in [0.15, 0.2) is 0 Å². The molecule has 1 aromatic heterocycles. The van der Waals surface area contributed by atoms with E-state index in [4.69, 9.17) is 18.0 Å². The molecule has 0 amide bonds. The Bertz CT molecular complexity index is 781. The summed E-state index contributed by atoms with van der Waals surface area (Å²) in [5.74, 6) is 0. The van der Waals surface area contributed by atoms with Crippen LogP contribution in [0, 0.1) is 6.92 Å². The van der Waals surface area contributed by atoms with Gasteiger partial charge in [-0.25, -0.2) is 13.1 Å². The summed E-state index contributed by atoms with van der Waals surface area (Å²) in [4.78, 5) is 0.432. The molecule has 8 heteroatoms. The molecule has 0 bridgehead atoms. The topological polar surface area (TPSA) is 90.0 Å². The smallest absolute Gasteiger partial charge is 0.240 e. The number of nitrogens with zero attached hydrogens (tertiary/aromatic N) is 2. The molecule has 0 spiro atoms. The highest BCUT2D eigenvalue weighted by atomic mass is 32.2. The molecule has 0 fully saturated rings. The van der Waals surface area contributed by atoms with Crippen molar-refractivity contribution in [1.82, 2.24) is 14.5 Å². The fourth-order valence-electron chi connectivity index (χ4n) is 1.91. The summed E-state index contributed by atoms with van der Waals surface area (Å²) in [6.45, 7) is 1.95. The number of sulfonamides is 1. The quantitative estimate of drug-likeness (QED) is 0.796. The Labute approximate surface area is 129 Å². The fourth-order valence-corrected chi connectivity index (χ4v) is 3.22. The van der Waals surface area contributed by atoms with E-state index < -0.39 is 10.0 Å². The molecule has 0 radical (unpaired) electrons. The standard InChI is InChI=1S/C13H16N4O2S2/c1-9-7-11(3-4-12(9)13(14)20)21(18,19)16-8-10-5-6-15-17(10)2/h3-7,16H,8H2,1-2H3,(H2,14,20). The maximum absolute atomic E-state index is 12.3. The van der Waals surface area contributed by atoms with E-state index in [1.807, 2.05) is 0 Å². The van der Waals surface area contributed by atoms with E-state index in [2.05, 4.69) is 9.82 Å². The van der Waals surface area contributed by atoms with Crippen LogP contribution in [-0.2, 0) is 23.6 Å². The van der Waals surface area contributed by atoms with E-state index in [-0.39, 0.29) is 16.4 Å². The van der Waals surface area contributed by atoms with Crippen molar-refractivity contribution in [2.45, 2.75) is 18.4 Å². The van der Waals surface area contributed by atoms with Gasteiger partial charge in [-0.15, -0.1) is 0 Å². The van der Waals surface area contributed by atoms with E-state index in [0.717, 1.165) is 11.3 Å². The first-order chi connectivity index (χ1) is 9.81. The van der Waals surface area contributed by atoms with Crippen LogP contribution in [0.3, 0.4) is 0 Å². The van der Waals surface area contributed by atoms with Crippen molar-refractivity contribution in [2.75, 3.05) is 0 Å². The number of aromatic nitrogens is 2. The molecule has 0 aliphatic carbocycles. The van der Waals surface area contributed by atoms with E-state index in [1.165, 1.54) is 6.07 Å². The highest BCUT2D eigenvalue weighted by Gasteiger charge is 2.16. The predicted octanol–water partition coefficient (Wildman–Crippen LogP) is 0.841. The largest absolute Gasteiger partial charge is 0.389 e. The Morgan fingerprint density at radius 2 is 2.14 bits per heavy atom. The lowest BCUT2D eigenvalue weighted by molar-refractivity contribution is 0.577. The van der Waals surface area contributed by atoms with Crippen molar-refractivity contribution in [1.29, 1.82) is 0 Å². The molecule has 6 nitrogen and oxygen atoms in total. The maximum atomic E-state index is 12.3. The average Bonchev–Trinajstić information content (AvgIpc) is 2.81. The number of aryl methyl sites for hydroxylation is 2. The van der Waals surface area contributed by atoms with Crippen LogP contribution < -0.4 is 10.5 Å². The molecule has 21 heavy (non-hydrogen) atoms. The van der Waals surface area contributed by atoms with Crippen molar-refractivity contribution >= 4 is 27.2 Å². The second kappa shape index (κ2) is 5.92. The molecule has 0 saturated heterocycles. The van der Waals surface area contributed by atoms with Crippen molar-refractivity contribution < 1.29 is 8.42 Å². The highest BCUT2D eigenvalue weighted by Crippen LogP contribution is 2.15. The number of benzene rings is 1. The number of hydrogen-bond acceptors (Lipinski definition) is 4. The van der Waals surface area contributed by atoms with Crippen LogP contribution in [0.2, 0.25) is 0 Å². The minimum absolute atomic E-state index is 0.176. The molecule has 0 aliphatic heterocycles. The minimum Gasteiger partial charge on any atom is -0.389 e. The van der Waals surface area contributed by atoms with Crippen LogP contribution in [-0.4, -0.2) is 23.2 Å². The third kappa shape index (κ3) is 3.46. The molecule has 2 rings (SSSR count). The van der Waals surface area contributed by atoms with E-state index in [0.29, 0.717) is 5.56 Å². The van der Waals surface area contributed by atoms with Crippen molar-refractivity contribution in [2.24, 2.45) is 12.8 Å². The van der Waals surface area contributed by atoms with E-state index >= 15 is 0 Å². The maximum Gasteiger partial charge on any atom is 0.240 e. The average molecular weight is 324 g/mol. The van der Waals surface area contributed by atoms with Gasteiger partial charge < -0.3 is 5.73 Å². The predicted molar refractivity (Wildman–Crippen MR) is 84.3 cm³/mol. The second-order valence-corrected chi connectivity index (χ2v) is 6.82. The van der Waals surface area contributed by atoms with Crippen LogP contribution >= 0.6 is 12.2 Å². The third-order valence-electron chi connectivity index (χ3n) is 3.14. The lowest BCUT2D eigenvalue weighted by Gasteiger charge is -2.10. The molecule has 1 heterocycles. The Kier molecular flexibility index (Phi) is 4.40. The lowest BCUT2D eigenvalue weighted by Crippen LogP contribution is -2.24. The Hall–Kier alpha value is -1.77. The lowest BCUT2D eigenvalue weighted by atomic mass is 10.1. The summed E-state index contributed by atoms with van der Waals surface area (Å²) in [7, 11) is -1.84. The number of rotatable bonds is 5. The molecular formula is C13H16N4O2S2. The van der Waals surface area contributed by atoms with Gasteiger partial charge in [-0.2, -0.15) is 5.10 Å². The molecule has 0 saturated carbocycles. The summed E-state index contributed by atoms with van der Waals surface area (Å²) in [5.41, 5.74) is 7.75. The zero-order chi connectivity index (χ0) is 15.6. The van der Waals surface area contributed by atoms with Crippen molar-refractivity contribution in [3.8, 4) is 0 Å². The van der Waals surface area contributed by atoms with Crippen LogP contribution in [0.15, 0.2) is 35.4 Å². The molecular weight excluding hydrogens is 308 g/mol. The molecule has 3 N–H and O–H groups in total. The van der Waals surface area contributed by atoms with Gasteiger partial charge in [0.05, 0.1) is 17.1 Å². The first-order valence-corrected chi connectivity index (χ1v) is 8.07. The van der Waals surface area contributed by atoms with Gasteiger partial charge in [-0.1, -0.05) is 18.3 Å². The van der Waals surface area contributed by atoms with Crippen molar-refractivity contribution in [3.05, 3.63) is 47.3 Å². The van der Waals surface area contributed by atoms with E-state index in [9.17, 15) is 8.42 Å². The zero-order valence-electron chi connectivity index (χ0n) is 11.7. The number of hydrogen-bond donors (Lipinski definition) is 2. The second-order valence-electron chi connectivity index (χ2n) is 4.61. The summed E-state index contributed by atoms with van der Waals surface area (Å²) < 4.78 is 28.7. The molecule has 0 aliphatic rings. The summed E-state index contributed by atoms with van der Waals surface area (Å²) in [6, 6.07) is 6.42. The SMILES string of the molecule is Cc1cc(S(=O)(=O)NCc2ccnn2C)ccc1C(N)=S. The van der Waals surface area contributed by atoms with Gasteiger partial charge >= 0.3 is 0 Å². The van der Waals surface area contributed by atoms with Gasteiger partial charge in [-0.3, -0.25) is 4.68 Å². The van der Waals surface area contributed by atoms with Gasteiger partial charge in [0.1, 0.15) is 4.99 Å². The summed E-state index contributed by atoms with van der Waals surface area (Å²) in [6.07, 6.45) is 1.62. The van der Waals surface area contributed by atoms with E-state index in [1.54, 1.807) is 43.0 Å². The van der Waals surface area contributed by atoms with Crippen LogP contribution in [0.5, 0.6) is 0 Å². The Morgan fingerprint density at radius 3 is 2.67 bits per heavy atom. The van der Waals surface area contributed by atoms with Gasteiger partial charge in [0.25, 0.3) is 0 Å². The van der Waals surface area contributed by atoms with Crippen LogP contribution in [0.1, 0.15) is 16.8 Å². The monoisotopic (exact) mass is 324 g/mol. The van der Waals surface area contributed by atoms with Gasteiger partial charge in [-0.05, 0) is 30.7 Å². The van der Waals surface area contributed by atoms with Gasteiger partial charge in [0.2, 0.25) is 10.0 Å². The first kappa shape index (κ1) is 15.6. The Balaban J connectivity index is 2.22.